The van der Waals surface area contributed by atoms with E-state index in [1.807, 2.05) is 22.4 Å². The van der Waals surface area contributed by atoms with E-state index in [9.17, 15) is 9.90 Å². The van der Waals surface area contributed by atoms with Gasteiger partial charge in [-0.1, -0.05) is 6.07 Å². The first-order chi connectivity index (χ1) is 10.7. The molecule has 0 radical (unpaired) electrons. The number of amides is 1. The molecule has 2 unspecified atom stereocenters. The summed E-state index contributed by atoms with van der Waals surface area (Å²) >= 11 is 1.53. The summed E-state index contributed by atoms with van der Waals surface area (Å²) in [6.07, 6.45) is 1.87. The number of aromatic nitrogens is 2. The summed E-state index contributed by atoms with van der Waals surface area (Å²) in [7, 11) is 0. The van der Waals surface area contributed by atoms with Crippen molar-refractivity contribution in [1.82, 2.24) is 15.1 Å². The molecule has 1 saturated heterocycles. The predicted octanol–water partition coefficient (Wildman–Crippen LogP) is 1.36. The lowest BCUT2D eigenvalue weighted by atomic mass is 10.1. The van der Waals surface area contributed by atoms with E-state index >= 15 is 0 Å². The number of hydrogen-bond acceptors (Lipinski definition) is 5. The van der Waals surface area contributed by atoms with Gasteiger partial charge in [-0.2, -0.15) is 5.10 Å². The van der Waals surface area contributed by atoms with Crippen LogP contribution in [0.25, 0.3) is 0 Å². The molecule has 2 atom stereocenters. The Morgan fingerprint density at radius 2 is 2.50 bits per heavy atom. The van der Waals surface area contributed by atoms with Gasteiger partial charge in [0.1, 0.15) is 0 Å². The number of nitrogens with one attached hydrogen (secondary N) is 1. The Bertz CT molecular complexity index is 585. The van der Waals surface area contributed by atoms with Gasteiger partial charge in [0, 0.05) is 29.7 Å². The third-order valence-electron chi connectivity index (χ3n) is 3.81. The minimum atomic E-state index is -0.561. The highest BCUT2D eigenvalue weighted by atomic mass is 32.1. The van der Waals surface area contributed by atoms with Crippen molar-refractivity contribution in [1.29, 1.82) is 0 Å². The molecule has 6 nitrogen and oxygen atoms in total. The average molecular weight is 321 g/mol. The maximum absolute atomic E-state index is 12.5. The van der Waals surface area contributed by atoms with Crippen LogP contribution < -0.4 is 0 Å². The summed E-state index contributed by atoms with van der Waals surface area (Å²) in [4.78, 5) is 15.2. The number of nitrogens with zero attached hydrogens (tertiary/aromatic N) is 2. The molecule has 1 aliphatic heterocycles. The molecule has 2 aromatic rings. The molecule has 0 saturated carbocycles. The van der Waals surface area contributed by atoms with Crippen molar-refractivity contribution in [3.05, 3.63) is 40.3 Å². The first-order valence-electron chi connectivity index (χ1n) is 7.31. The third-order valence-corrected chi connectivity index (χ3v) is 4.79. The number of aliphatic hydroxyl groups is 1. The second kappa shape index (κ2) is 7.04. The van der Waals surface area contributed by atoms with Gasteiger partial charge in [-0.15, -0.1) is 11.3 Å². The molecule has 1 aliphatic rings. The highest BCUT2D eigenvalue weighted by Crippen LogP contribution is 2.26. The Morgan fingerprint density at radius 3 is 3.23 bits per heavy atom. The molecule has 7 heteroatoms. The number of thiophene rings is 1. The zero-order valence-corrected chi connectivity index (χ0v) is 13.0. The summed E-state index contributed by atoms with van der Waals surface area (Å²) in [6, 6.07) is 5.53. The highest BCUT2D eigenvalue weighted by Gasteiger charge is 2.29. The SMILES string of the molecule is O=C(Cc1ccn[nH]1)N1CCOCC1CC(O)c1cccs1. The van der Waals surface area contributed by atoms with E-state index in [-0.39, 0.29) is 11.9 Å². The van der Waals surface area contributed by atoms with Crippen LogP contribution in [0.4, 0.5) is 0 Å². The highest BCUT2D eigenvalue weighted by molar-refractivity contribution is 7.10. The fraction of sp³-hybridized carbons (Fsp3) is 0.467. The van der Waals surface area contributed by atoms with Crippen molar-refractivity contribution in [3.8, 4) is 0 Å². The van der Waals surface area contributed by atoms with Crippen LogP contribution in [0.2, 0.25) is 0 Å². The van der Waals surface area contributed by atoms with Crippen molar-refractivity contribution in [2.24, 2.45) is 0 Å². The number of carbonyl (C=O) groups is 1. The molecule has 0 spiro atoms. The van der Waals surface area contributed by atoms with E-state index < -0.39 is 6.10 Å². The van der Waals surface area contributed by atoms with Gasteiger partial charge in [0.25, 0.3) is 0 Å². The van der Waals surface area contributed by atoms with Gasteiger partial charge in [-0.25, -0.2) is 0 Å². The zero-order chi connectivity index (χ0) is 15.4. The summed E-state index contributed by atoms with van der Waals surface area (Å²) in [6.45, 7) is 1.58. The van der Waals surface area contributed by atoms with Gasteiger partial charge in [-0.05, 0) is 17.5 Å². The summed E-state index contributed by atoms with van der Waals surface area (Å²) in [5.41, 5.74) is 0.800. The van der Waals surface area contributed by atoms with Gasteiger partial charge in [0.2, 0.25) is 5.91 Å². The van der Waals surface area contributed by atoms with Crippen LogP contribution in [-0.4, -0.2) is 51.9 Å². The summed E-state index contributed by atoms with van der Waals surface area (Å²) < 4.78 is 5.49. The fourth-order valence-electron chi connectivity index (χ4n) is 2.68. The number of rotatable bonds is 5. The van der Waals surface area contributed by atoms with E-state index in [0.29, 0.717) is 32.6 Å². The predicted molar refractivity (Wildman–Crippen MR) is 82.5 cm³/mol. The van der Waals surface area contributed by atoms with Crippen LogP contribution in [0, 0.1) is 0 Å². The lowest BCUT2D eigenvalue weighted by Gasteiger charge is -2.36. The lowest BCUT2D eigenvalue weighted by molar-refractivity contribution is -0.140. The second-order valence-corrected chi connectivity index (χ2v) is 6.32. The van der Waals surface area contributed by atoms with E-state index in [1.165, 1.54) is 11.3 Å². The monoisotopic (exact) mass is 321 g/mol. The molecular formula is C15H19N3O3S. The zero-order valence-electron chi connectivity index (χ0n) is 12.1. The van der Waals surface area contributed by atoms with Crippen LogP contribution in [0.5, 0.6) is 0 Å². The largest absolute Gasteiger partial charge is 0.387 e. The maximum atomic E-state index is 12.5. The van der Waals surface area contributed by atoms with E-state index in [1.54, 1.807) is 12.3 Å². The maximum Gasteiger partial charge on any atom is 0.228 e. The van der Waals surface area contributed by atoms with Gasteiger partial charge >= 0.3 is 0 Å². The van der Waals surface area contributed by atoms with E-state index in [2.05, 4.69) is 10.2 Å². The van der Waals surface area contributed by atoms with Crippen LogP contribution >= 0.6 is 11.3 Å². The molecular weight excluding hydrogens is 302 g/mol. The quantitative estimate of drug-likeness (QED) is 0.872. The Kier molecular flexibility index (Phi) is 4.87. The van der Waals surface area contributed by atoms with Crippen molar-refractivity contribution in [2.45, 2.75) is 25.0 Å². The number of aromatic amines is 1. The van der Waals surface area contributed by atoms with Crippen LogP contribution in [0.15, 0.2) is 29.8 Å². The first-order valence-corrected chi connectivity index (χ1v) is 8.19. The first kappa shape index (κ1) is 15.2. The minimum absolute atomic E-state index is 0.0379. The molecule has 3 heterocycles. The summed E-state index contributed by atoms with van der Waals surface area (Å²) in [5, 5.41) is 18.9. The number of morpholine rings is 1. The topological polar surface area (TPSA) is 78.5 Å². The van der Waals surface area contributed by atoms with E-state index in [0.717, 1.165) is 10.6 Å². The van der Waals surface area contributed by atoms with Gasteiger partial charge < -0.3 is 14.7 Å². The molecule has 3 rings (SSSR count). The molecule has 118 valence electrons. The average Bonchev–Trinajstić information content (AvgIpc) is 3.21. The summed E-state index contributed by atoms with van der Waals surface area (Å²) in [5.74, 6) is 0.0379. The Balaban J connectivity index is 1.64. The molecule has 0 aliphatic carbocycles. The number of ether oxygens (including phenoxy) is 1. The Hall–Kier alpha value is -1.70. The normalized spacial score (nSPS) is 20.0. The van der Waals surface area contributed by atoms with E-state index in [4.69, 9.17) is 4.74 Å². The number of H-pyrrole nitrogens is 1. The molecule has 2 N–H and O–H groups in total. The number of carbonyl (C=O) groups excluding carboxylic acids is 1. The Labute approximate surface area is 132 Å². The van der Waals surface area contributed by atoms with Crippen molar-refractivity contribution in [3.63, 3.8) is 0 Å². The van der Waals surface area contributed by atoms with Gasteiger partial charge in [-0.3, -0.25) is 9.89 Å². The molecule has 0 bridgehead atoms. The van der Waals surface area contributed by atoms with Crippen LogP contribution in [0.3, 0.4) is 0 Å². The number of hydrogen-bond donors (Lipinski definition) is 2. The van der Waals surface area contributed by atoms with Crippen LogP contribution in [-0.2, 0) is 16.0 Å². The Morgan fingerprint density at radius 1 is 1.59 bits per heavy atom. The lowest BCUT2D eigenvalue weighted by Crippen LogP contribution is -2.49. The molecule has 1 fully saturated rings. The van der Waals surface area contributed by atoms with Crippen molar-refractivity contribution < 1.29 is 14.6 Å². The van der Waals surface area contributed by atoms with Gasteiger partial charge in [0.05, 0.1) is 31.8 Å². The molecule has 1 amide bonds. The molecule has 2 aromatic heterocycles. The smallest absolute Gasteiger partial charge is 0.228 e. The fourth-order valence-corrected chi connectivity index (χ4v) is 3.41. The minimum Gasteiger partial charge on any atom is -0.387 e. The molecule has 22 heavy (non-hydrogen) atoms. The standard InChI is InChI=1S/C15H19N3O3S/c19-13(14-2-1-7-22-14)9-12-10-21-6-5-18(12)15(20)8-11-3-4-16-17-11/h1-4,7,12-13,19H,5-6,8-10H2,(H,16,17). The second-order valence-electron chi connectivity index (χ2n) is 5.34. The number of aliphatic hydroxyl groups excluding tert-OH is 1. The van der Waals surface area contributed by atoms with Crippen LogP contribution in [0.1, 0.15) is 23.1 Å². The van der Waals surface area contributed by atoms with Gasteiger partial charge in [0.15, 0.2) is 0 Å². The third kappa shape index (κ3) is 3.55. The molecule has 0 aromatic carbocycles. The van der Waals surface area contributed by atoms with Crippen molar-refractivity contribution >= 4 is 17.2 Å². The van der Waals surface area contributed by atoms with Crippen molar-refractivity contribution in [2.75, 3.05) is 19.8 Å².